The first-order valence-electron chi connectivity index (χ1n) is 10.4. The molecule has 0 saturated carbocycles. The largest absolute Gasteiger partial charge is 0.449 e. The predicted molar refractivity (Wildman–Crippen MR) is 117 cm³/mol. The second kappa shape index (κ2) is 8.41. The van der Waals surface area contributed by atoms with Gasteiger partial charge in [0.15, 0.2) is 5.65 Å². The summed E-state index contributed by atoms with van der Waals surface area (Å²) in [5.41, 5.74) is 5.43. The van der Waals surface area contributed by atoms with E-state index in [4.69, 9.17) is 4.74 Å². The van der Waals surface area contributed by atoms with Crippen LogP contribution < -0.4 is 5.32 Å². The topological polar surface area (TPSA) is 109 Å². The molecule has 2 unspecified atom stereocenters. The number of ether oxygens (including phenoxy) is 1. The molecule has 0 bridgehead atoms. The molecule has 8 heteroatoms. The minimum absolute atomic E-state index is 0.0482. The standard InChI is InChI=1S/C24H22N4O4/c29-21(23(30)20-12-25-22-10-5-11-27-28(20)22)13-26-24(31)32-14-19-17-8-3-1-6-15(17)16-7-2-4-9-18(16)19/h1-12,19,21,23,29-30H,13-14H2,(H,26,31). The van der Waals surface area contributed by atoms with Gasteiger partial charge >= 0.3 is 6.09 Å². The first-order chi connectivity index (χ1) is 15.6. The fraction of sp³-hybridized carbons (Fsp3) is 0.208. The lowest BCUT2D eigenvalue weighted by Gasteiger charge is -2.18. The highest BCUT2D eigenvalue weighted by atomic mass is 16.5. The number of hydrogen-bond acceptors (Lipinski definition) is 6. The quantitative estimate of drug-likeness (QED) is 0.434. The second-order valence-corrected chi connectivity index (χ2v) is 7.70. The molecule has 1 aliphatic carbocycles. The lowest BCUT2D eigenvalue weighted by atomic mass is 9.98. The predicted octanol–water partition coefficient (Wildman–Crippen LogP) is 2.66. The van der Waals surface area contributed by atoms with Gasteiger partial charge < -0.3 is 20.3 Å². The third-order valence-electron chi connectivity index (χ3n) is 5.77. The molecule has 0 spiro atoms. The van der Waals surface area contributed by atoms with Crippen molar-refractivity contribution in [2.24, 2.45) is 0 Å². The zero-order chi connectivity index (χ0) is 22.1. The van der Waals surface area contributed by atoms with E-state index in [1.54, 1.807) is 18.3 Å². The summed E-state index contributed by atoms with van der Waals surface area (Å²) in [5, 5.41) is 27.5. The highest BCUT2D eigenvalue weighted by Gasteiger charge is 2.29. The molecule has 5 rings (SSSR count). The van der Waals surface area contributed by atoms with Crippen molar-refractivity contribution in [3.63, 3.8) is 0 Å². The fourth-order valence-corrected chi connectivity index (χ4v) is 4.20. The van der Waals surface area contributed by atoms with Crippen LogP contribution in [0.25, 0.3) is 16.8 Å². The number of carbonyl (C=O) groups excluding carboxylic acids is 1. The Bertz CT molecular complexity index is 1230. The van der Waals surface area contributed by atoms with Gasteiger partial charge in [-0.1, -0.05) is 48.5 Å². The Morgan fingerprint density at radius 3 is 2.44 bits per heavy atom. The minimum atomic E-state index is -1.27. The summed E-state index contributed by atoms with van der Waals surface area (Å²) in [6, 6.07) is 19.7. The molecular formula is C24H22N4O4. The van der Waals surface area contributed by atoms with E-state index in [1.807, 2.05) is 36.4 Å². The maximum absolute atomic E-state index is 12.3. The van der Waals surface area contributed by atoms with Crippen LogP contribution in [0.3, 0.4) is 0 Å². The number of benzene rings is 2. The highest BCUT2D eigenvalue weighted by Crippen LogP contribution is 2.44. The van der Waals surface area contributed by atoms with Crippen molar-refractivity contribution in [3.8, 4) is 11.1 Å². The Morgan fingerprint density at radius 2 is 1.72 bits per heavy atom. The molecule has 1 amide bonds. The van der Waals surface area contributed by atoms with Crippen molar-refractivity contribution in [1.29, 1.82) is 0 Å². The number of rotatable bonds is 6. The number of aliphatic hydroxyl groups excluding tert-OH is 2. The van der Waals surface area contributed by atoms with Crippen LogP contribution in [0.2, 0.25) is 0 Å². The molecule has 0 saturated heterocycles. The Kier molecular flexibility index (Phi) is 5.30. The van der Waals surface area contributed by atoms with E-state index in [-0.39, 0.29) is 19.1 Å². The van der Waals surface area contributed by atoms with Crippen LogP contribution in [-0.4, -0.2) is 50.2 Å². The summed E-state index contributed by atoms with van der Waals surface area (Å²) in [6.07, 6.45) is -0.170. The van der Waals surface area contributed by atoms with Crippen molar-refractivity contribution in [2.75, 3.05) is 13.2 Å². The van der Waals surface area contributed by atoms with E-state index in [0.29, 0.717) is 11.3 Å². The van der Waals surface area contributed by atoms with Gasteiger partial charge in [-0.2, -0.15) is 5.10 Å². The Hall–Kier alpha value is -3.75. The molecule has 2 aromatic heterocycles. The molecule has 0 aliphatic heterocycles. The highest BCUT2D eigenvalue weighted by molar-refractivity contribution is 5.79. The monoisotopic (exact) mass is 430 g/mol. The van der Waals surface area contributed by atoms with E-state index in [2.05, 4.69) is 27.5 Å². The number of aromatic nitrogens is 3. The first kappa shape index (κ1) is 20.2. The molecule has 0 fully saturated rings. The molecule has 4 aromatic rings. The second-order valence-electron chi connectivity index (χ2n) is 7.70. The number of aliphatic hydroxyl groups is 2. The van der Waals surface area contributed by atoms with Gasteiger partial charge in [0.1, 0.15) is 18.8 Å². The fourth-order valence-electron chi connectivity index (χ4n) is 4.20. The van der Waals surface area contributed by atoms with Gasteiger partial charge in [-0.3, -0.25) is 0 Å². The third-order valence-corrected chi connectivity index (χ3v) is 5.77. The van der Waals surface area contributed by atoms with Crippen LogP contribution in [0.1, 0.15) is 28.8 Å². The number of nitrogens with zero attached hydrogens (tertiary/aromatic N) is 3. The molecular weight excluding hydrogens is 408 g/mol. The molecule has 3 N–H and O–H groups in total. The van der Waals surface area contributed by atoms with Gasteiger partial charge in [-0.05, 0) is 34.4 Å². The lowest BCUT2D eigenvalue weighted by molar-refractivity contribution is 0.0150. The van der Waals surface area contributed by atoms with E-state index in [1.165, 1.54) is 10.7 Å². The minimum Gasteiger partial charge on any atom is -0.449 e. The molecule has 1 aliphatic rings. The lowest BCUT2D eigenvalue weighted by Crippen LogP contribution is -2.36. The number of imidazole rings is 1. The molecule has 162 valence electrons. The maximum Gasteiger partial charge on any atom is 0.407 e. The number of hydrogen-bond donors (Lipinski definition) is 3. The van der Waals surface area contributed by atoms with Gasteiger partial charge in [0, 0.05) is 18.7 Å². The zero-order valence-electron chi connectivity index (χ0n) is 17.1. The van der Waals surface area contributed by atoms with E-state index in [9.17, 15) is 15.0 Å². The van der Waals surface area contributed by atoms with Crippen LogP contribution >= 0.6 is 0 Å². The number of amides is 1. The molecule has 8 nitrogen and oxygen atoms in total. The van der Waals surface area contributed by atoms with Crippen LogP contribution in [-0.2, 0) is 4.74 Å². The van der Waals surface area contributed by atoms with E-state index >= 15 is 0 Å². The van der Waals surface area contributed by atoms with Gasteiger partial charge in [0.2, 0.25) is 0 Å². The zero-order valence-corrected chi connectivity index (χ0v) is 17.1. The van der Waals surface area contributed by atoms with Crippen LogP contribution in [0.5, 0.6) is 0 Å². The van der Waals surface area contributed by atoms with E-state index < -0.39 is 18.3 Å². The molecule has 0 radical (unpaired) electrons. The average molecular weight is 430 g/mol. The summed E-state index contributed by atoms with van der Waals surface area (Å²) in [4.78, 5) is 16.4. The van der Waals surface area contributed by atoms with Crippen molar-refractivity contribution < 1.29 is 19.7 Å². The summed E-state index contributed by atoms with van der Waals surface area (Å²) in [5.74, 6) is -0.0482. The molecule has 2 aromatic carbocycles. The number of alkyl carbamates (subject to hydrolysis) is 1. The third kappa shape index (κ3) is 3.59. The summed E-state index contributed by atoms with van der Waals surface area (Å²) < 4.78 is 6.90. The number of fused-ring (bicyclic) bond motifs is 4. The van der Waals surface area contributed by atoms with Crippen LogP contribution in [0.15, 0.2) is 73.1 Å². The smallest absolute Gasteiger partial charge is 0.407 e. The first-order valence-corrected chi connectivity index (χ1v) is 10.4. The maximum atomic E-state index is 12.3. The van der Waals surface area contributed by atoms with Crippen molar-refractivity contribution in [3.05, 3.63) is 89.9 Å². The Labute approximate surface area is 184 Å². The summed E-state index contributed by atoms with van der Waals surface area (Å²) >= 11 is 0. The average Bonchev–Trinajstić information content (AvgIpc) is 3.40. The normalized spacial score (nSPS) is 14.6. The van der Waals surface area contributed by atoms with Gasteiger partial charge in [-0.15, -0.1) is 0 Å². The number of nitrogens with one attached hydrogen (secondary N) is 1. The van der Waals surface area contributed by atoms with Gasteiger partial charge in [0.05, 0.1) is 11.9 Å². The Balaban J connectivity index is 1.20. The van der Waals surface area contributed by atoms with Gasteiger partial charge in [0.25, 0.3) is 0 Å². The van der Waals surface area contributed by atoms with Crippen LogP contribution in [0.4, 0.5) is 4.79 Å². The molecule has 2 atom stereocenters. The van der Waals surface area contributed by atoms with Crippen molar-refractivity contribution in [2.45, 2.75) is 18.1 Å². The Morgan fingerprint density at radius 1 is 1.03 bits per heavy atom. The molecule has 2 heterocycles. The van der Waals surface area contributed by atoms with Crippen molar-refractivity contribution >= 4 is 11.7 Å². The van der Waals surface area contributed by atoms with E-state index in [0.717, 1.165) is 22.3 Å². The SMILES string of the molecule is O=C(NCC(O)C(O)c1cnc2cccnn12)OCC1c2ccccc2-c2ccccc21. The number of carbonyl (C=O) groups is 1. The van der Waals surface area contributed by atoms with Crippen LogP contribution in [0, 0.1) is 0 Å². The van der Waals surface area contributed by atoms with Crippen molar-refractivity contribution in [1.82, 2.24) is 19.9 Å². The van der Waals surface area contributed by atoms with Gasteiger partial charge in [-0.25, -0.2) is 14.3 Å². The summed E-state index contributed by atoms with van der Waals surface area (Å²) in [6.45, 7) is -0.00635. The molecule has 32 heavy (non-hydrogen) atoms. The summed E-state index contributed by atoms with van der Waals surface area (Å²) in [7, 11) is 0.